The zero-order valence-electron chi connectivity index (χ0n) is 17.2. The van der Waals surface area contributed by atoms with Crippen LogP contribution in [0.3, 0.4) is 0 Å². The first-order chi connectivity index (χ1) is 15.1. The molecule has 0 saturated heterocycles. The van der Waals surface area contributed by atoms with Gasteiger partial charge >= 0.3 is 0 Å². The maximum Gasteiger partial charge on any atom is 0.240 e. The van der Waals surface area contributed by atoms with E-state index in [0.29, 0.717) is 12.4 Å². The summed E-state index contributed by atoms with van der Waals surface area (Å²) in [6, 6.07) is 17.5. The molecule has 0 fully saturated rings. The number of nitrogens with one attached hydrogen (secondary N) is 2. The highest BCUT2D eigenvalue weighted by Gasteiger charge is 2.10. The first-order valence-electron chi connectivity index (χ1n) is 10.1. The molecular weight excluding hydrogens is 397 g/mol. The van der Waals surface area contributed by atoms with Gasteiger partial charge in [-0.2, -0.15) is 5.10 Å². The molecule has 0 spiro atoms. The molecule has 0 heterocycles. The number of carbonyl (C=O) groups excluding carboxylic acids is 2. The van der Waals surface area contributed by atoms with Crippen LogP contribution in [0.15, 0.2) is 65.8 Å². The Bertz CT molecular complexity index is 1100. The fourth-order valence-corrected chi connectivity index (χ4v) is 2.97. The van der Waals surface area contributed by atoms with Crippen LogP contribution in [0.1, 0.15) is 31.7 Å². The van der Waals surface area contributed by atoms with Crippen molar-refractivity contribution in [2.24, 2.45) is 5.10 Å². The standard InChI is InChI=1S/C24H24FN3O3/c1-2-15-31-22-12-11-17-7-3-4-8-18(17)19(22)16-26-28-24(30)14-13-23(29)27-21-10-6-5-9-20(21)25/h3-12,16H,2,13-15H2,1H3,(H,27,29)(H,28,30). The van der Waals surface area contributed by atoms with Crippen molar-refractivity contribution in [1.82, 2.24) is 5.43 Å². The summed E-state index contributed by atoms with van der Waals surface area (Å²) in [5.41, 5.74) is 3.28. The van der Waals surface area contributed by atoms with E-state index in [1.54, 1.807) is 12.3 Å². The number of rotatable bonds is 9. The van der Waals surface area contributed by atoms with Crippen molar-refractivity contribution in [3.8, 4) is 5.75 Å². The van der Waals surface area contributed by atoms with Crippen molar-refractivity contribution in [3.05, 3.63) is 72.0 Å². The lowest BCUT2D eigenvalue weighted by atomic mass is 10.0. The predicted molar refractivity (Wildman–Crippen MR) is 120 cm³/mol. The number of ether oxygens (including phenoxy) is 1. The number of hydrogen-bond donors (Lipinski definition) is 2. The lowest BCUT2D eigenvalue weighted by Crippen LogP contribution is -2.21. The molecule has 0 aliphatic heterocycles. The summed E-state index contributed by atoms with van der Waals surface area (Å²) < 4.78 is 19.4. The minimum atomic E-state index is -0.527. The molecule has 7 heteroatoms. The van der Waals surface area contributed by atoms with Gasteiger partial charge in [-0.25, -0.2) is 9.82 Å². The Labute approximate surface area is 180 Å². The van der Waals surface area contributed by atoms with Gasteiger partial charge in [0.05, 0.1) is 18.5 Å². The molecule has 0 radical (unpaired) electrons. The third-order valence-corrected chi connectivity index (χ3v) is 4.50. The van der Waals surface area contributed by atoms with Crippen LogP contribution < -0.4 is 15.5 Å². The van der Waals surface area contributed by atoms with Gasteiger partial charge in [0.2, 0.25) is 11.8 Å². The summed E-state index contributed by atoms with van der Waals surface area (Å²) in [6.45, 7) is 2.60. The summed E-state index contributed by atoms with van der Waals surface area (Å²) >= 11 is 0. The van der Waals surface area contributed by atoms with E-state index >= 15 is 0 Å². The van der Waals surface area contributed by atoms with Crippen molar-refractivity contribution < 1.29 is 18.7 Å². The van der Waals surface area contributed by atoms with Crippen LogP contribution in [-0.4, -0.2) is 24.6 Å². The van der Waals surface area contributed by atoms with E-state index < -0.39 is 17.6 Å². The Morgan fingerprint density at radius 3 is 2.55 bits per heavy atom. The van der Waals surface area contributed by atoms with Crippen LogP contribution in [0.2, 0.25) is 0 Å². The van der Waals surface area contributed by atoms with E-state index in [9.17, 15) is 14.0 Å². The minimum absolute atomic E-state index is 0.0770. The number of fused-ring (bicyclic) bond motifs is 1. The summed E-state index contributed by atoms with van der Waals surface area (Å²) in [5, 5.41) is 8.47. The van der Waals surface area contributed by atoms with Crippen molar-refractivity contribution >= 4 is 34.5 Å². The molecular formula is C24H24FN3O3. The quantitative estimate of drug-likeness (QED) is 0.390. The molecule has 0 unspecified atom stereocenters. The molecule has 0 atom stereocenters. The Balaban J connectivity index is 1.59. The smallest absolute Gasteiger partial charge is 0.240 e. The SMILES string of the molecule is CCCOc1ccc2ccccc2c1C=NNC(=O)CCC(=O)Nc1ccccc1F. The second kappa shape index (κ2) is 10.9. The number of halogens is 1. The number of benzene rings is 3. The molecule has 0 aromatic heterocycles. The molecule has 3 rings (SSSR count). The normalized spacial score (nSPS) is 10.9. The number of hydrazone groups is 1. The number of nitrogens with zero attached hydrogens (tertiary/aromatic N) is 1. The highest BCUT2D eigenvalue weighted by atomic mass is 19.1. The topological polar surface area (TPSA) is 79.8 Å². The molecule has 2 amide bonds. The van der Waals surface area contributed by atoms with Gasteiger partial charge < -0.3 is 10.1 Å². The zero-order valence-corrected chi connectivity index (χ0v) is 17.2. The number of hydrogen-bond acceptors (Lipinski definition) is 4. The molecule has 6 nitrogen and oxygen atoms in total. The van der Waals surface area contributed by atoms with Crippen molar-refractivity contribution in [2.75, 3.05) is 11.9 Å². The summed E-state index contributed by atoms with van der Waals surface area (Å²) in [4.78, 5) is 24.0. The molecule has 0 aliphatic rings. The van der Waals surface area contributed by atoms with Gasteiger partial charge in [-0.3, -0.25) is 9.59 Å². The van der Waals surface area contributed by atoms with E-state index in [0.717, 1.165) is 22.8 Å². The van der Waals surface area contributed by atoms with Crippen LogP contribution in [0, 0.1) is 5.82 Å². The summed E-state index contributed by atoms with van der Waals surface area (Å²) in [7, 11) is 0. The fourth-order valence-electron chi connectivity index (χ4n) is 2.97. The Morgan fingerprint density at radius 1 is 1.00 bits per heavy atom. The van der Waals surface area contributed by atoms with Crippen molar-refractivity contribution in [1.29, 1.82) is 0 Å². The first-order valence-corrected chi connectivity index (χ1v) is 10.1. The lowest BCUT2D eigenvalue weighted by molar-refractivity contribution is -0.124. The van der Waals surface area contributed by atoms with E-state index in [2.05, 4.69) is 15.8 Å². The molecule has 3 aromatic carbocycles. The van der Waals surface area contributed by atoms with Gasteiger partial charge in [-0.1, -0.05) is 49.4 Å². The lowest BCUT2D eigenvalue weighted by Gasteiger charge is -2.11. The maximum atomic E-state index is 13.6. The van der Waals surface area contributed by atoms with Gasteiger partial charge in [0, 0.05) is 18.4 Å². The van der Waals surface area contributed by atoms with Crippen LogP contribution in [0.5, 0.6) is 5.75 Å². The molecule has 3 aromatic rings. The molecule has 0 bridgehead atoms. The van der Waals surface area contributed by atoms with E-state index in [1.807, 2.05) is 43.3 Å². The van der Waals surface area contributed by atoms with Gasteiger partial charge in [0.1, 0.15) is 11.6 Å². The monoisotopic (exact) mass is 421 g/mol. The second-order valence-electron chi connectivity index (χ2n) is 6.87. The van der Waals surface area contributed by atoms with Crippen LogP contribution in [-0.2, 0) is 9.59 Å². The van der Waals surface area contributed by atoms with Gasteiger partial charge in [0.15, 0.2) is 0 Å². The molecule has 31 heavy (non-hydrogen) atoms. The van der Waals surface area contributed by atoms with Crippen molar-refractivity contribution in [3.63, 3.8) is 0 Å². The Hall–Kier alpha value is -3.74. The van der Waals surface area contributed by atoms with Gasteiger partial charge in [0.25, 0.3) is 0 Å². The summed E-state index contributed by atoms with van der Waals surface area (Å²) in [6.07, 6.45) is 2.25. The largest absolute Gasteiger partial charge is 0.493 e. The number of para-hydroxylation sites is 1. The molecule has 160 valence electrons. The Kier molecular flexibility index (Phi) is 7.70. The third kappa shape index (κ3) is 6.12. The average molecular weight is 421 g/mol. The van der Waals surface area contributed by atoms with E-state index in [1.165, 1.54) is 18.2 Å². The van der Waals surface area contributed by atoms with Crippen LogP contribution in [0.25, 0.3) is 10.8 Å². The second-order valence-corrected chi connectivity index (χ2v) is 6.87. The highest BCUT2D eigenvalue weighted by molar-refractivity contribution is 6.02. The van der Waals surface area contributed by atoms with Gasteiger partial charge in [-0.15, -0.1) is 0 Å². The van der Waals surface area contributed by atoms with E-state index in [4.69, 9.17) is 4.74 Å². The predicted octanol–water partition coefficient (Wildman–Crippen LogP) is 4.64. The Morgan fingerprint density at radius 2 is 1.74 bits per heavy atom. The molecule has 0 saturated carbocycles. The number of amides is 2. The number of carbonyl (C=O) groups is 2. The molecule has 2 N–H and O–H groups in total. The zero-order chi connectivity index (χ0) is 22.1. The van der Waals surface area contributed by atoms with Crippen LogP contribution in [0.4, 0.5) is 10.1 Å². The summed E-state index contributed by atoms with van der Waals surface area (Å²) in [5.74, 6) is -0.714. The maximum absolute atomic E-state index is 13.6. The fraction of sp³-hybridized carbons (Fsp3) is 0.208. The number of anilines is 1. The van der Waals surface area contributed by atoms with Crippen LogP contribution >= 0.6 is 0 Å². The van der Waals surface area contributed by atoms with Gasteiger partial charge in [-0.05, 0) is 35.4 Å². The van der Waals surface area contributed by atoms with Crippen molar-refractivity contribution in [2.45, 2.75) is 26.2 Å². The van der Waals surface area contributed by atoms with E-state index in [-0.39, 0.29) is 18.5 Å². The average Bonchev–Trinajstić information content (AvgIpc) is 2.78. The highest BCUT2D eigenvalue weighted by Crippen LogP contribution is 2.26. The third-order valence-electron chi connectivity index (χ3n) is 4.50. The molecule has 0 aliphatic carbocycles. The first kappa shape index (κ1) is 22.0. The minimum Gasteiger partial charge on any atom is -0.493 e.